The van der Waals surface area contributed by atoms with Gasteiger partial charge in [-0.3, -0.25) is 4.79 Å². The molecule has 1 aromatic carbocycles. The summed E-state index contributed by atoms with van der Waals surface area (Å²) in [6.45, 7) is 6.34. The van der Waals surface area contributed by atoms with Gasteiger partial charge in [-0.25, -0.2) is 9.98 Å². The molecule has 0 saturated carbocycles. The number of rotatable bonds is 4. The molecule has 2 heterocycles. The molecule has 0 bridgehead atoms. The van der Waals surface area contributed by atoms with Gasteiger partial charge in [-0.05, 0) is 31.0 Å². The van der Waals surface area contributed by atoms with Crippen LogP contribution in [0, 0.1) is 6.92 Å². The second-order valence-electron chi connectivity index (χ2n) is 6.05. The Balaban J connectivity index is 2.31. The molecule has 0 saturated heterocycles. The number of hydrogen-bond donors (Lipinski definition) is 2. The number of benzene rings is 1. The normalized spacial score (nSPS) is 12.4. The Bertz CT molecular complexity index is 949. The summed E-state index contributed by atoms with van der Waals surface area (Å²) in [6.07, 6.45) is 0.561. The molecule has 0 amide bonds. The fourth-order valence-corrected chi connectivity index (χ4v) is 2.94. The van der Waals surface area contributed by atoms with Crippen LogP contribution in [0.15, 0.2) is 21.9 Å². The standard InChI is InChI=1S/C17H21N5O2/c1-10-8-12-14(9-13(10)21(3)4)22(6-5-7-23)16-15(20-12)17(24)19-11(2)18-16/h8-9,23H,2,5-7H2,1,3-4H3,(H,19,24). The maximum absolute atomic E-state index is 12.3. The molecule has 0 unspecified atom stereocenters. The molecule has 0 fully saturated rings. The molecule has 7 nitrogen and oxygen atoms in total. The van der Waals surface area contributed by atoms with E-state index in [1.54, 1.807) is 0 Å². The Morgan fingerprint density at radius 1 is 1.38 bits per heavy atom. The summed E-state index contributed by atoms with van der Waals surface area (Å²) in [5.74, 6) is 0.484. The van der Waals surface area contributed by atoms with Crippen molar-refractivity contribution >= 4 is 29.5 Å². The van der Waals surface area contributed by atoms with E-state index in [9.17, 15) is 9.90 Å². The maximum atomic E-state index is 12.3. The number of nitrogens with one attached hydrogen (secondary N) is 1. The maximum Gasteiger partial charge on any atom is 0.279 e. The predicted molar refractivity (Wildman–Crippen MR) is 95.0 cm³/mol. The third-order valence-electron chi connectivity index (χ3n) is 4.02. The fourth-order valence-electron chi connectivity index (χ4n) is 2.94. The first kappa shape index (κ1) is 16.2. The monoisotopic (exact) mass is 327 g/mol. The third-order valence-corrected chi connectivity index (χ3v) is 4.02. The van der Waals surface area contributed by atoms with Crippen molar-refractivity contribution in [1.82, 2.24) is 9.97 Å². The molecule has 1 aliphatic rings. The van der Waals surface area contributed by atoms with Crippen LogP contribution in [-0.2, 0) is 0 Å². The quantitative estimate of drug-likeness (QED) is 0.846. The molecule has 0 radical (unpaired) electrons. The van der Waals surface area contributed by atoms with Crippen molar-refractivity contribution in [3.8, 4) is 0 Å². The summed E-state index contributed by atoms with van der Waals surface area (Å²) in [5.41, 5.74) is 3.74. The summed E-state index contributed by atoms with van der Waals surface area (Å²) < 4.78 is 0. The topological polar surface area (TPSA) is 84.8 Å². The minimum Gasteiger partial charge on any atom is -0.396 e. The van der Waals surface area contributed by atoms with Crippen LogP contribution in [0.2, 0.25) is 0 Å². The van der Waals surface area contributed by atoms with E-state index in [0.29, 0.717) is 24.3 Å². The zero-order chi connectivity index (χ0) is 17.4. The lowest BCUT2D eigenvalue weighted by Gasteiger charge is -2.29. The van der Waals surface area contributed by atoms with E-state index in [1.807, 2.05) is 43.0 Å². The minimum atomic E-state index is -0.306. The molecule has 126 valence electrons. The van der Waals surface area contributed by atoms with Gasteiger partial charge in [0.05, 0.1) is 11.4 Å². The van der Waals surface area contributed by atoms with E-state index in [0.717, 1.165) is 22.6 Å². The van der Waals surface area contributed by atoms with Crippen LogP contribution < -0.4 is 26.2 Å². The largest absolute Gasteiger partial charge is 0.396 e. The summed E-state index contributed by atoms with van der Waals surface area (Å²) in [6, 6.07) is 4.01. The summed E-state index contributed by atoms with van der Waals surface area (Å²) in [5, 5.41) is 9.51. The van der Waals surface area contributed by atoms with Crippen molar-refractivity contribution < 1.29 is 5.11 Å². The highest BCUT2D eigenvalue weighted by Crippen LogP contribution is 2.39. The average Bonchev–Trinajstić information content (AvgIpc) is 2.51. The molecule has 0 spiro atoms. The van der Waals surface area contributed by atoms with Crippen molar-refractivity contribution in [2.45, 2.75) is 13.3 Å². The van der Waals surface area contributed by atoms with E-state index in [-0.39, 0.29) is 17.5 Å². The van der Waals surface area contributed by atoms with Crippen molar-refractivity contribution in [2.75, 3.05) is 37.0 Å². The molecule has 1 aromatic heterocycles. The van der Waals surface area contributed by atoms with Crippen molar-refractivity contribution in [3.05, 3.63) is 38.9 Å². The highest BCUT2D eigenvalue weighted by atomic mass is 16.3. The molecular formula is C17H21N5O2. The van der Waals surface area contributed by atoms with Gasteiger partial charge in [0.25, 0.3) is 5.56 Å². The van der Waals surface area contributed by atoms with Gasteiger partial charge in [-0.1, -0.05) is 6.58 Å². The molecule has 2 N–H and O–H groups in total. The minimum absolute atomic E-state index is 0.0606. The average molecular weight is 327 g/mol. The zero-order valence-electron chi connectivity index (χ0n) is 14.1. The van der Waals surface area contributed by atoms with Crippen LogP contribution in [0.4, 0.5) is 22.9 Å². The Morgan fingerprint density at radius 2 is 2.12 bits per heavy atom. The first-order chi connectivity index (χ1) is 11.4. The molecule has 1 aliphatic heterocycles. The smallest absolute Gasteiger partial charge is 0.279 e. The van der Waals surface area contributed by atoms with Crippen LogP contribution in [0.25, 0.3) is 6.58 Å². The number of nitrogens with zero attached hydrogens (tertiary/aromatic N) is 4. The number of hydrogen-bond acceptors (Lipinski definition) is 6. The van der Waals surface area contributed by atoms with E-state index >= 15 is 0 Å². The number of aromatic nitrogens is 2. The molecular weight excluding hydrogens is 306 g/mol. The fraction of sp³-hybridized carbons (Fsp3) is 0.353. The van der Waals surface area contributed by atoms with Crippen LogP contribution in [0.1, 0.15) is 12.0 Å². The highest BCUT2D eigenvalue weighted by Gasteiger charge is 2.23. The van der Waals surface area contributed by atoms with Gasteiger partial charge in [0, 0.05) is 32.9 Å². The van der Waals surface area contributed by atoms with E-state index in [1.165, 1.54) is 0 Å². The van der Waals surface area contributed by atoms with Gasteiger partial charge in [-0.15, -0.1) is 0 Å². The van der Waals surface area contributed by atoms with Crippen LogP contribution in [-0.4, -0.2) is 42.3 Å². The van der Waals surface area contributed by atoms with E-state index in [2.05, 4.69) is 21.5 Å². The van der Waals surface area contributed by atoms with Crippen molar-refractivity contribution in [3.63, 3.8) is 0 Å². The van der Waals surface area contributed by atoms with Crippen molar-refractivity contribution in [2.24, 2.45) is 4.99 Å². The predicted octanol–water partition coefficient (Wildman–Crippen LogP) is 0.340. The number of H-pyrrole nitrogens is 1. The van der Waals surface area contributed by atoms with Crippen LogP contribution in [0.3, 0.4) is 0 Å². The van der Waals surface area contributed by atoms with Gasteiger partial charge in [0.15, 0.2) is 11.2 Å². The Labute approximate surface area is 139 Å². The number of aromatic amines is 1. The Hall–Kier alpha value is -2.67. The van der Waals surface area contributed by atoms with Crippen LogP contribution in [0.5, 0.6) is 0 Å². The lowest BCUT2D eigenvalue weighted by molar-refractivity contribution is 0.290. The summed E-state index contributed by atoms with van der Waals surface area (Å²) >= 11 is 0. The molecule has 2 aromatic rings. The van der Waals surface area contributed by atoms with Gasteiger partial charge >= 0.3 is 0 Å². The molecule has 7 heteroatoms. The second-order valence-corrected chi connectivity index (χ2v) is 6.05. The first-order valence-corrected chi connectivity index (χ1v) is 7.80. The third kappa shape index (κ3) is 2.67. The zero-order valence-corrected chi connectivity index (χ0v) is 14.1. The molecule has 0 atom stereocenters. The lowest BCUT2D eigenvalue weighted by atomic mass is 10.1. The SMILES string of the molecule is C=c1nc2c(c(=O)[nH]1)=Nc1cc(C)c(N(C)C)cc1N2CCCO. The number of aliphatic hydroxyl groups is 1. The van der Waals surface area contributed by atoms with Crippen molar-refractivity contribution in [1.29, 1.82) is 0 Å². The highest BCUT2D eigenvalue weighted by molar-refractivity contribution is 5.80. The van der Waals surface area contributed by atoms with E-state index < -0.39 is 0 Å². The van der Waals surface area contributed by atoms with E-state index in [4.69, 9.17) is 0 Å². The van der Waals surface area contributed by atoms with Crippen LogP contribution >= 0.6 is 0 Å². The molecule has 0 aliphatic carbocycles. The lowest BCUT2D eigenvalue weighted by Crippen LogP contribution is -2.42. The number of aryl methyl sites for hydroxylation is 1. The summed E-state index contributed by atoms with van der Waals surface area (Å²) in [4.78, 5) is 27.7. The Morgan fingerprint density at radius 3 is 2.79 bits per heavy atom. The number of fused-ring (bicyclic) bond motifs is 2. The number of anilines is 3. The second kappa shape index (κ2) is 6.09. The molecule has 3 rings (SSSR count). The van der Waals surface area contributed by atoms with Gasteiger partial charge in [-0.2, -0.15) is 0 Å². The van der Waals surface area contributed by atoms with Gasteiger partial charge in [0.1, 0.15) is 5.48 Å². The summed E-state index contributed by atoms with van der Waals surface area (Å²) in [7, 11) is 3.97. The van der Waals surface area contributed by atoms with Gasteiger partial charge < -0.3 is 19.9 Å². The molecule has 24 heavy (non-hydrogen) atoms. The number of aliphatic hydroxyl groups excluding tert-OH is 1. The Kier molecular flexibility index (Phi) is 4.11. The first-order valence-electron chi connectivity index (χ1n) is 7.80. The van der Waals surface area contributed by atoms with Gasteiger partial charge in [0.2, 0.25) is 0 Å².